The third-order valence-electron chi connectivity index (χ3n) is 3.76. The van der Waals surface area contributed by atoms with E-state index >= 15 is 0 Å². The largest absolute Gasteiger partial charge is 0.493 e. The van der Waals surface area contributed by atoms with Gasteiger partial charge in [-0.2, -0.15) is 0 Å². The van der Waals surface area contributed by atoms with Gasteiger partial charge in [0.05, 0.1) is 12.7 Å². The van der Waals surface area contributed by atoms with Crippen LogP contribution in [-0.4, -0.2) is 52.3 Å². The summed E-state index contributed by atoms with van der Waals surface area (Å²) in [7, 11) is 0. The molecule has 0 bridgehead atoms. The maximum Gasteiger partial charge on any atom is 0.326 e. The van der Waals surface area contributed by atoms with Crippen LogP contribution in [0.15, 0.2) is 18.2 Å². The number of carboxylic acid groups (broad SMARTS) is 1. The van der Waals surface area contributed by atoms with Crippen molar-refractivity contribution >= 4 is 11.9 Å². The van der Waals surface area contributed by atoms with Crippen molar-refractivity contribution in [1.82, 2.24) is 4.90 Å². The fourth-order valence-corrected chi connectivity index (χ4v) is 2.76. The molecule has 6 nitrogen and oxygen atoms in total. The van der Waals surface area contributed by atoms with Crippen molar-refractivity contribution in [3.05, 3.63) is 29.3 Å². The predicted octanol–water partition coefficient (Wildman–Crippen LogP) is 0.281. The number of carbonyl (C=O) groups excluding carboxylic acids is 1. The number of aliphatic hydroxyl groups excluding tert-OH is 1. The number of ether oxygens (including phenoxy) is 1. The molecule has 0 saturated carbocycles. The van der Waals surface area contributed by atoms with Gasteiger partial charge in [-0.15, -0.1) is 0 Å². The summed E-state index contributed by atoms with van der Waals surface area (Å²) in [6, 6.07) is 4.16. The maximum atomic E-state index is 12.4. The van der Waals surface area contributed by atoms with E-state index < -0.39 is 18.1 Å². The van der Waals surface area contributed by atoms with Crippen LogP contribution in [0, 0.1) is 0 Å². The van der Waals surface area contributed by atoms with E-state index in [1.54, 1.807) is 18.2 Å². The summed E-state index contributed by atoms with van der Waals surface area (Å²) in [5, 5.41) is 18.7. The van der Waals surface area contributed by atoms with Crippen molar-refractivity contribution in [2.45, 2.75) is 25.0 Å². The van der Waals surface area contributed by atoms with Crippen molar-refractivity contribution in [3.63, 3.8) is 0 Å². The summed E-state index contributed by atoms with van der Waals surface area (Å²) in [6.07, 6.45) is 0.0501. The number of benzene rings is 1. The summed E-state index contributed by atoms with van der Waals surface area (Å²) >= 11 is 0. The Kier molecular flexibility index (Phi) is 3.10. The average Bonchev–Trinajstić information content (AvgIpc) is 3.02. The molecule has 2 unspecified atom stereocenters. The Morgan fingerprint density at radius 1 is 1.35 bits per heavy atom. The number of likely N-dealkylation sites (tertiary alicyclic amines) is 1. The highest BCUT2D eigenvalue weighted by atomic mass is 16.5. The van der Waals surface area contributed by atoms with E-state index in [0.29, 0.717) is 12.2 Å². The van der Waals surface area contributed by atoms with Crippen molar-refractivity contribution in [2.24, 2.45) is 0 Å². The minimum Gasteiger partial charge on any atom is -0.493 e. The minimum absolute atomic E-state index is 0.0589. The molecule has 0 radical (unpaired) electrons. The van der Waals surface area contributed by atoms with Gasteiger partial charge in [0.25, 0.3) is 5.91 Å². The first-order chi connectivity index (χ1) is 9.56. The molecule has 0 spiro atoms. The molecule has 1 fully saturated rings. The first-order valence-electron chi connectivity index (χ1n) is 6.54. The van der Waals surface area contributed by atoms with E-state index in [-0.39, 0.29) is 18.9 Å². The van der Waals surface area contributed by atoms with Gasteiger partial charge in [0.15, 0.2) is 0 Å². The van der Waals surface area contributed by atoms with Crippen LogP contribution in [-0.2, 0) is 11.2 Å². The number of hydrogen-bond donors (Lipinski definition) is 2. The number of rotatable bonds is 2. The standard InChI is InChI=1S/C14H15NO5/c16-10-6-11(14(18)19)15(7-10)13(17)9-1-2-12-8(5-9)3-4-20-12/h1-2,5,10-11,16H,3-4,6-7H2,(H,18,19). The zero-order chi connectivity index (χ0) is 14.3. The summed E-state index contributed by atoms with van der Waals surface area (Å²) in [5.41, 5.74) is 1.40. The van der Waals surface area contributed by atoms with Crippen LogP contribution in [0.2, 0.25) is 0 Å². The molecular weight excluding hydrogens is 262 g/mol. The average molecular weight is 277 g/mol. The topological polar surface area (TPSA) is 87.1 Å². The first-order valence-corrected chi connectivity index (χ1v) is 6.54. The molecule has 6 heteroatoms. The number of carbonyl (C=O) groups is 2. The Morgan fingerprint density at radius 3 is 2.90 bits per heavy atom. The monoisotopic (exact) mass is 277 g/mol. The van der Waals surface area contributed by atoms with Crippen molar-refractivity contribution < 1.29 is 24.5 Å². The van der Waals surface area contributed by atoms with Crippen LogP contribution in [0.3, 0.4) is 0 Å². The van der Waals surface area contributed by atoms with Crippen LogP contribution in [0.25, 0.3) is 0 Å². The second-order valence-corrected chi connectivity index (χ2v) is 5.12. The lowest BCUT2D eigenvalue weighted by Gasteiger charge is -2.21. The second kappa shape index (κ2) is 4.79. The Labute approximate surface area is 115 Å². The van der Waals surface area contributed by atoms with E-state index in [0.717, 1.165) is 17.7 Å². The maximum absolute atomic E-state index is 12.4. The van der Waals surface area contributed by atoms with E-state index in [9.17, 15) is 14.7 Å². The third kappa shape index (κ3) is 2.12. The van der Waals surface area contributed by atoms with E-state index in [1.165, 1.54) is 4.90 Å². The molecule has 1 saturated heterocycles. The van der Waals surface area contributed by atoms with Crippen molar-refractivity contribution in [2.75, 3.05) is 13.2 Å². The van der Waals surface area contributed by atoms with Gasteiger partial charge in [0, 0.05) is 24.9 Å². The van der Waals surface area contributed by atoms with E-state index in [1.807, 2.05) is 0 Å². The van der Waals surface area contributed by atoms with Crippen LogP contribution < -0.4 is 4.74 Å². The molecule has 0 aliphatic carbocycles. The lowest BCUT2D eigenvalue weighted by molar-refractivity contribution is -0.141. The smallest absolute Gasteiger partial charge is 0.326 e. The molecule has 2 aliphatic heterocycles. The summed E-state index contributed by atoms with van der Waals surface area (Å²) in [4.78, 5) is 24.8. The van der Waals surface area contributed by atoms with E-state index in [2.05, 4.69) is 0 Å². The van der Waals surface area contributed by atoms with Gasteiger partial charge in [0.1, 0.15) is 11.8 Å². The molecule has 2 atom stereocenters. The number of fused-ring (bicyclic) bond motifs is 1. The van der Waals surface area contributed by atoms with Gasteiger partial charge < -0.3 is 19.8 Å². The first kappa shape index (κ1) is 12.9. The van der Waals surface area contributed by atoms with Crippen LogP contribution >= 0.6 is 0 Å². The molecule has 1 aromatic rings. The number of aliphatic carboxylic acids is 1. The van der Waals surface area contributed by atoms with Gasteiger partial charge in [-0.25, -0.2) is 4.79 Å². The van der Waals surface area contributed by atoms with E-state index in [4.69, 9.17) is 9.84 Å². The minimum atomic E-state index is -1.08. The van der Waals surface area contributed by atoms with Crippen molar-refractivity contribution in [3.8, 4) is 5.75 Å². The zero-order valence-electron chi connectivity index (χ0n) is 10.8. The van der Waals surface area contributed by atoms with Crippen molar-refractivity contribution in [1.29, 1.82) is 0 Å². The fraction of sp³-hybridized carbons (Fsp3) is 0.429. The lowest BCUT2D eigenvalue weighted by atomic mass is 10.1. The molecule has 2 heterocycles. The fourth-order valence-electron chi connectivity index (χ4n) is 2.76. The second-order valence-electron chi connectivity index (χ2n) is 5.12. The zero-order valence-corrected chi connectivity index (χ0v) is 10.8. The molecule has 1 aromatic carbocycles. The quantitative estimate of drug-likeness (QED) is 0.811. The number of aliphatic hydroxyl groups is 1. The molecule has 2 aliphatic rings. The van der Waals surface area contributed by atoms with Gasteiger partial charge >= 0.3 is 5.97 Å². The SMILES string of the molecule is O=C(O)C1CC(O)CN1C(=O)c1ccc2c(c1)CCO2. The molecule has 20 heavy (non-hydrogen) atoms. The highest BCUT2D eigenvalue weighted by Crippen LogP contribution is 2.28. The van der Waals surface area contributed by atoms with Gasteiger partial charge in [0.2, 0.25) is 0 Å². The number of β-amino-alcohol motifs (C(OH)–C–C–N with tert-alkyl or cyclic N) is 1. The highest BCUT2D eigenvalue weighted by Gasteiger charge is 2.39. The van der Waals surface area contributed by atoms with Crippen LogP contribution in [0.4, 0.5) is 0 Å². The summed E-state index contributed by atoms with van der Waals surface area (Å²) < 4.78 is 5.38. The highest BCUT2D eigenvalue weighted by molar-refractivity contribution is 5.97. The van der Waals surface area contributed by atoms with Crippen LogP contribution in [0.5, 0.6) is 5.75 Å². The molecule has 0 aromatic heterocycles. The number of hydrogen-bond acceptors (Lipinski definition) is 4. The molecule has 3 rings (SSSR count). The summed E-state index contributed by atoms with van der Waals surface area (Å²) in [6.45, 7) is 0.663. The molecular formula is C14H15NO5. The normalized spacial score (nSPS) is 24.4. The Balaban J connectivity index is 1.86. The molecule has 2 N–H and O–H groups in total. The Hall–Kier alpha value is -2.08. The lowest BCUT2D eigenvalue weighted by Crippen LogP contribution is -2.40. The Bertz CT molecular complexity index is 571. The Morgan fingerprint density at radius 2 is 2.15 bits per heavy atom. The number of carboxylic acids is 1. The van der Waals surface area contributed by atoms with Gasteiger partial charge in [-0.1, -0.05) is 0 Å². The molecule has 106 valence electrons. The number of nitrogens with zero attached hydrogens (tertiary/aromatic N) is 1. The van der Waals surface area contributed by atoms with Gasteiger partial charge in [-0.3, -0.25) is 4.79 Å². The third-order valence-corrected chi connectivity index (χ3v) is 3.76. The predicted molar refractivity (Wildman–Crippen MR) is 68.7 cm³/mol. The summed E-state index contributed by atoms with van der Waals surface area (Å²) in [5.74, 6) is -0.666. The molecule has 1 amide bonds. The van der Waals surface area contributed by atoms with Crippen LogP contribution in [0.1, 0.15) is 22.3 Å². The number of amides is 1. The van der Waals surface area contributed by atoms with Gasteiger partial charge in [-0.05, 0) is 23.8 Å².